The van der Waals surface area contributed by atoms with E-state index in [0.717, 1.165) is 33.1 Å². The second kappa shape index (κ2) is 8.74. The van der Waals surface area contributed by atoms with Crippen LogP contribution in [0.5, 0.6) is 0 Å². The molecule has 0 aliphatic carbocycles. The highest BCUT2D eigenvalue weighted by Crippen LogP contribution is 2.24. The Labute approximate surface area is 190 Å². The third kappa shape index (κ3) is 4.55. The largest absolute Gasteiger partial charge is 0.329 e. The molecule has 2 aromatic carbocycles. The van der Waals surface area contributed by atoms with Crippen LogP contribution in [-0.4, -0.2) is 33.9 Å². The Morgan fingerprint density at radius 2 is 1.70 bits per heavy atom. The van der Waals surface area contributed by atoms with Crippen molar-refractivity contribution in [1.29, 1.82) is 0 Å². The number of amides is 4. The van der Waals surface area contributed by atoms with E-state index in [0.29, 0.717) is 5.69 Å². The van der Waals surface area contributed by atoms with Gasteiger partial charge in [0.25, 0.3) is 5.91 Å². The van der Waals surface area contributed by atoms with Gasteiger partial charge in [-0.2, -0.15) is 0 Å². The van der Waals surface area contributed by atoms with Crippen molar-refractivity contribution in [2.75, 3.05) is 11.9 Å². The Morgan fingerprint density at radius 3 is 2.36 bits per heavy atom. The zero-order chi connectivity index (χ0) is 23.7. The molecule has 1 saturated heterocycles. The number of nitrogens with zero attached hydrogens (tertiary/aromatic N) is 2. The highest BCUT2D eigenvalue weighted by molar-refractivity contribution is 6.16. The van der Waals surface area contributed by atoms with Crippen molar-refractivity contribution < 1.29 is 18.8 Å². The number of anilines is 1. The van der Waals surface area contributed by atoms with Crippen molar-refractivity contribution in [3.63, 3.8) is 0 Å². The summed E-state index contributed by atoms with van der Waals surface area (Å²) in [5.74, 6) is -1.38. The van der Waals surface area contributed by atoms with Crippen molar-refractivity contribution in [3.8, 4) is 5.69 Å². The van der Waals surface area contributed by atoms with Crippen LogP contribution in [-0.2, 0) is 9.59 Å². The van der Waals surface area contributed by atoms with Gasteiger partial charge >= 0.3 is 6.03 Å². The molecule has 0 bridgehead atoms. The van der Waals surface area contributed by atoms with Crippen LogP contribution in [0.2, 0.25) is 0 Å². The van der Waals surface area contributed by atoms with Crippen LogP contribution < -0.4 is 10.6 Å². The monoisotopic (exact) mass is 446 g/mol. The fraction of sp³-hybridized carbons (Fsp3) is 0.160. The first-order valence-corrected chi connectivity index (χ1v) is 10.4. The second-order valence-corrected chi connectivity index (χ2v) is 7.93. The van der Waals surface area contributed by atoms with E-state index in [1.807, 2.05) is 43.5 Å². The third-order valence-electron chi connectivity index (χ3n) is 5.45. The zero-order valence-corrected chi connectivity index (χ0v) is 18.5. The predicted molar refractivity (Wildman–Crippen MR) is 123 cm³/mol. The van der Waals surface area contributed by atoms with Crippen molar-refractivity contribution in [2.24, 2.45) is 0 Å². The second-order valence-electron chi connectivity index (χ2n) is 7.93. The molecule has 0 radical (unpaired) electrons. The quantitative estimate of drug-likeness (QED) is 0.458. The summed E-state index contributed by atoms with van der Waals surface area (Å²) >= 11 is 0. The predicted octanol–water partition coefficient (Wildman–Crippen LogP) is 4.07. The smallest absolute Gasteiger partial charge is 0.325 e. The van der Waals surface area contributed by atoms with Crippen LogP contribution in [0.1, 0.15) is 22.5 Å². The van der Waals surface area contributed by atoms with E-state index in [9.17, 15) is 18.8 Å². The van der Waals surface area contributed by atoms with Crippen LogP contribution in [0.25, 0.3) is 11.8 Å². The number of carbonyl (C=O) groups excluding carboxylic acids is 3. The summed E-state index contributed by atoms with van der Waals surface area (Å²) in [4.78, 5) is 38.4. The van der Waals surface area contributed by atoms with Gasteiger partial charge in [-0.15, -0.1) is 0 Å². The van der Waals surface area contributed by atoms with Crippen LogP contribution in [0, 0.1) is 26.6 Å². The van der Waals surface area contributed by atoms with E-state index in [-0.39, 0.29) is 11.5 Å². The maximum atomic E-state index is 13.3. The van der Waals surface area contributed by atoms with Gasteiger partial charge < -0.3 is 15.2 Å². The van der Waals surface area contributed by atoms with Crippen molar-refractivity contribution in [1.82, 2.24) is 14.8 Å². The number of aryl methyl sites for hydroxylation is 2. The molecule has 7 nitrogen and oxygen atoms in total. The van der Waals surface area contributed by atoms with E-state index in [2.05, 4.69) is 10.6 Å². The molecule has 1 fully saturated rings. The van der Waals surface area contributed by atoms with Gasteiger partial charge in [-0.1, -0.05) is 17.7 Å². The standard InChI is InChI=1S/C25H23FN4O3/c1-15-4-8-20(9-5-15)27-23(31)14-29-24(32)22(28-25(29)33)13-18-12-16(2)30(17(18)3)21-10-6-19(26)7-11-21/h4-13H,14H2,1-3H3,(H,27,31)(H,28,33). The molecule has 1 aliphatic heterocycles. The Balaban J connectivity index is 1.52. The Hall–Kier alpha value is -4.20. The van der Waals surface area contributed by atoms with Crippen LogP contribution in [0.4, 0.5) is 14.9 Å². The van der Waals surface area contributed by atoms with Crippen LogP contribution in [0.3, 0.4) is 0 Å². The molecule has 0 atom stereocenters. The maximum Gasteiger partial charge on any atom is 0.329 e. The van der Waals surface area contributed by atoms with Gasteiger partial charge in [0, 0.05) is 22.8 Å². The lowest BCUT2D eigenvalue weighted by Crippen LogP contribution is -2.38. The molecule has 33 heavy (non-hydrogen) atoms. The van der Waals surface area contributed by atoms with E-state index in [1.165, 1.54) is 12.1 Å². The SMILES string of the molecule is Cc1ccc(NC(=O)CN2C(=O)NC(=Cc3cc(C)n(-c4ccc(F)cc4)c3C)C2=O)cc1. The number of halogens is 1. The average Bonchev–Trinajstić information content (AvgIpc) is 3.20. The van der Waals surface area contributed by atoms with Gasteiger partial charge in [0.2, 0.25) is 5.91 Å². The molecule has 4 amide bonds. The number of rotatable bonds is 5. The van der Waals surface area contributed by atoms with Crippen molar-refractivity contribution in [3.05, 3.63) is 88.6 Å². The van der Waals surface area contributed by atoms with Crippen LogP contribution >= 0.6 is 0 Å². The van der Waals surface area contributed by atoms with Gasteiger partial charge in [-0.3, -0.25) is 9.59 Å². The number of aromatic nitrogens is 1. The minimum Gasteiger partial charge on any atom is -0.325 e. The fourth-order valence-electron chi connectivity index (χ4n) is 3.77. The number of hydrogen-bond donors (Lipinski definition) is 2. The summed E-state index contributed by atoms with van der Waals surface area (Å²) in [7, 11) is 0. The first-order chi connectivity index (χ1) is 15.7. The summed E-state index contributed by atoms with van der Waals surface area (Å²) in [6, 6.07) is 14.5. The molecule has 0 unspecified atom stereocenters. The lowest BCUT2D eigenvalue weighted by atomic mass is 10.2. The van der Waals surface area contributed by atoms with Crippen molar-refractivity contribution >= 4 is 29.6 Å². The van der Waals surface area contributed by atoms with E-state index in [1.54, 1.807) is 30.3 Å². The molecule has 1 aromatic heterocycles. The third-order valence-corrected chi connectivity index (χ3v) is 5.45. The van der Waals surface area contributed by atoms with Gasteiger partial charge in [-0.25, -0.2) is 14.1 Å². The Bertz CT molecular complexity index is 1270. The number of benzene rings is 2. The molecule has 1 aliphatic rings. The first kappa shape index (κ1) is 22.0. The number of urea groups is 1. The summed E-state index contributed by atoms with van der Waals surface area (Å²) in [5.41, 5.74) is 4.94. The number of carbonyl (C=O) groups is 3. The normalized spacial score (nSPS) is 14.7. The minimum atomic E-state index is -0.655. The summed E-state index contributed by atoms with van der Waals surface area (Å²) < 4.78 is 15.2. The molecule has 3 aromatic rings. The minimum absolute atomic E-state index is 0.0856. The van der Waals surface area contributed by atoms with Crippen molar-refractivity contribution in [2.45, 2.75) is 20.8 Å². The Kier molecular flexibility index (Phi) is 5.83. The molecule has 4 rings (SSSR count). The van der Waals surface area contributed by atoms with E-state index in [4.69, 9.17) is 0 Å². The molecule has 8 heteroatoms. The number of nitrogens with one attached hydrogen (secondary N) is 2. The molecule has 2 heterocycles. The highest BCUT2D eigenvalue weighted by atomic mass is 19.1. The molecule has 0 spiro atoms. The number of imide groups is 1. The van der Waals surface area contributed by atoms with Gasteiger partial charge in [0.05, 0.1) is 0 Å². The molecular formula is C25H23FN4O3. The van der Waals surface area contributed by atoms with E-state index >= 15 is 0 Å². The summed E-state index contributed by atoms with van der Waals surface area (Å²) in [5, 5.41) is 5.22. The first-order valence-electron chi connectivity index (χ1n) is 10.4. The lowest BCUT2D eigenvalue weighted by Gasteiger charge is -2.12. The molecule has 168 valence electrons. The zero-order valence-electron chi connectivity index (χ0n) is 18.5. The van der Waals surface area contributed by atoms with Gasteiger partial charge in [-0.05, 0) is 74.9 Å². The topological polar surface area (TPSA) is 83.4 Å². The maximum absolute atomic E-state index is 13.3. The van der Waals surface area contributed by atoms with Gasteiger partial charge in [0.1, 0.15) is 18.1 Å². The molecule has 2 N–H and O–H groups in total. The lowest BCUT2D eigenvalue weighted by molar-refractivity contribution is -0.127. The molecular weight excluding hydrogens is 423 g/mol. The Morgan fingerprint density at radius 1 is 1.03 bits per heavy atom. The van der Waals surface area contributed by atoms with Crippen LogP contribution in [0.15, 0.2) is 60.3 Å². The fourth-order valence-corrected chi connectivity index (χ4v) is 3.77. The van der Waals surface area contributed by atoms with Gasteiger partial charge in [0.15, 0.2) is 0 Å². The molecule has 0 saturated carbocycles. The average molecular weight is 446 g/mol. The summed E-state index contributed by atoms with van der Waals surface area (Å²) in [6.07, 6.45) is 1.58. The van der Waals surface area contributed by atoms with E-state index < -0.39 is 24.4 Å². The highest BCUT2D eigenvalue weighted by Gasteiger charge is 2.35. The number of hydrogen-bond acceptors (Lipinski definition) is 3. The summed E-state index contributed by atoms with van der Waals surface area (Å²) in [6.45, 7) is 5.31.